The van der Waals surface area contributed by atoms with Crippen molar-refractivity contribution in [2.24, 2.45) is 5.41 Å². The summed E-state index contributed by atoms with van der Waals surface area (Å²) in [6, 6.07) is 3.43. The quantitative estimate of drug-likeness (QED) is 0.483. The van der Waals surface area contributed by atoms with Crippen LogP contribution in [0.15, 0.2) is 12.1 Å². The number of carbonyl (C=O) groups excluding carboxylic acids is 2. The van der Waals surface area contributed by atoms with Crippen LogP contribution >= 0.6 is 11.6 Å². The predicted molar refractivity (Wildman–Crippen MR) is 72.4 cm³/mol. The molecule has 0 atom stereocenters. The van der Waals surface area contributed by atoms with Crippen molar-refractivity contribution < 1.29 is 19.1 Å². The summed E-state index contributed by atoms with van der Waals surface area (Å²) in [7, 11) is 0. The molecule has 0 unspecified atom stereocenters. The van der Waals surface area contributed by atoms with E-state index in [1.54, 1.807) is 26.0 Å². The van der Waals surface area contributed by atoms with Gasteiger partial charge in [0.25, 0.3) is 0 Å². The number of rotatable bonds is 4. The smallest absolute Gasteiger partial charge is 0.324 e. The molecule has 0 N–H and O–H groups in total. The minimum atomic E-state index is -1.33. The highest BCUT2D eigenvalue weighted by atomic mass is 35.5. The molecule has 0 radical (unpaired) electrons. The van der Waals surface area contributed by atoms with Gasteiger partial charge in [-0.25, -0.2) is 4.98 Å². The Morgan fingerprint density at radius 1 is 1.20 bits per heavy atom. The van der Waals surface area contributed by atoms with Crippen LogP contribution in [0.2, 0.25) is 5.15 Å². The summed E-state index contributed by atoms with van der Waals surface area (Å²) < 4.78 is 10.1. The fourth-order valence-corrected chi connectivity index (χ4v) is 2.57. The molecule has 20 heavy (non-hydrogen) atoms. The number of fused-ring (bicyclic) bond motifs is 1. The summed E-state index contributed by atoms with van der Waals surface area (Å²) in [5, 5.41) is 0.340. The molecule has 5 nitrogen and oxygen atoms in total. The van der Waals surface area contributed by atoms with Crippen LogP contribution in [0.3, 0.4) is 0 Å². The number of carbonyl (C=O) groups is 2. The standard InChI is InChI=1S/C14H16ClNO4/c1-3-19-12(17)14(13(18)20-4-2)7-9-5-6-11(15)16-10(9)8-14/h5-6H,3-4,7-8H2,1-2H3. The molecule has 0 spiro atoms. The van der Waals surface area contributed by atoms with Crippen LogP contribution in [0, 0.1) is 5.41 Å². The number of aromatic nitrogens is 1. The van der Waals surface area contributed by atoms with Gasteiger partial charge in [0.05, 0.1) is 13.2 Å². The minimum Gasteiger partial charge on any atom is -0.465 e. The molecule has 1 aliphatic rings. The number of pyridine rings is 1. The van der Waals surface area contributed by atoms with Gasteiger partial charge in [0, 0.05) is 18.5 Å². The Labute approximate surface area is 122 Å². The lowest BCUT2D eigenvalue weighted by Crippen LogP contribution is -2.43. The van der Waals surface area contributed by atoms with Crippen molar-refractivity contribution in [3.63, 3.8) is 0 Å². The van der Waals surface area contributed by atoms with E-state index in [2.05, 4.69) is 4.98 Å². The highest BCUT2D eigenvalue weighted by molar-refractivity contribution is 6.29. The zero-order valence-electron chi connectivity index (χ0n) is 11.4. The van der Waals surface area contributed by atoms with E-state index in [4.69, 9.17) is 21.1 Å². The van der Waals surface area contributed by atoms with Crippen molar-refractivity contribution in [2.75, 3.05) is 13.2 Å². The van der Waals surface area contributed by atoms with Gasteiger partial charge in [0.1, 0.15) is 5.15 Å². The van der Waals surface area contributed by atoms with Gasteiger partial charge in [-0.05, 0) is 25.5 Å². The zero-order chi connectivity index (χ0) is 14.8. The van der Waals surface area contributed by atoms with Gasteiger partial charge in [-0.2, -0.15) is 0 Å². The third-order valence-electron chi connectivity index (χ3n) is 3.33. The highest BCUT2D eigenvalue weighted by Gasteiger charge is 2.53. The first-order valence-corrected chi connectivity index (χ1v) is 6.90. The summed E-state index contributed by atoms with van der Waals surface area (Å²) in [4.78, 5) is 28.7. The first-order valence-electron chi connectivity index (χ1n) is 6.52. The number of nitrogens with zero attached hydrogens (tertiary/aromatic N) is 1. The van der Waals surface area contributed by atoms with E-state index in [0.717, 1.165) is 5.56 Å². The monoisotopic (exact) mass is 297 g/mol. The number of esters is 2. The zero-order valence-corrected chi connectivity index (χ0v) is 12.2. The maximum atomic E-state index is 12.3. The van der Waals surface area contributed by atoms with Gasteiger partial charge in [-0.3, -0.25) is 9.59 Å². The second-order valence-electron chi connectivity index (χ2n) is 4.62. The summed E-state index contributed by atoms with van der Waals surface area (Å²) in [5.74, 6) is -1.12. The fourth-order valence-electron chi connectivity index (χ4n) is 2.40. The maximum Gasteiger partial charge on any atom is 0.324 e. The summed E-state index contributed by atoms with van der Waals surface area (Å²) >= 11 is 5.85. The Balaban J connectivity index is 2.37. The summed E-state index contributed by atoms with van der Waals surface area (Å²) in [5.41, 5.74) is 0.153. The van der Waals surface area contributed by atoms with Crippen LogP contribution in [0.4, 0.5) is 0 Å². The SMILES string of the molecule is CCOC(=O)C1(C(=O)OCC)Cc2ccc(Cl)nc2C1. The van der Waals surface area contributed by atoms with Crippen molar-refractivity contribution in [3.8, 4) is 0 Å². The molecule has 6 heteroatoms. The molecule has 2 rings (SSSR count). The molecule has 0 amide bonds. The van der Waals surface area contributed by atoms with Gasteiger partial charge < -0.3 is 9.47 Å². The molecule has 0 bridgehead atoms. The van der Waals surface area contributed by atoms with Gasteiger partial charge in [-0.1, -0.05) is 17.7 Å². The van der Waals surface area contributed by atoms with Crippen molar-refractivity contribution in [3.05, 3.63) is 28.5 Å². The lowest BCUT2D eigenvalue weighted by atomic mass is 9.85. The Morgan fingerprint density at radius 3 is 2.35 bits per heavy atom. The largest absolute Gasteiger partial charge is 0.465 e. The molecule has 0 aliphatic heterocycles. The molecular formula is C14H16ClNO4. The molecular weight excluding hydrogens is 282 g/mol. The average Bonchev–Trinajstić information content (AvgIpc) is 2.79. The second kappa shape index (κ2) is 5.79. The van der Waals surface area contributed by atoms with Gasteiger partial charge in [0.2, 0.25) is 0 Å². The molecule has 0 saturated heterocycles. The van der Waals surface area contributed by atoms with Crippen LogP contribution in [0.5, 0.6) is 0 Å². The van der Waals surface area contributed by atoms with Crippen LogP contribution in [-0.2, 0) is 31.9 Å². The number of ether oxygens (including phenoxy) is 2. The first kappa shape index (κ1) is 14.8. The second-order valence-corrected chi connectivity index (χ2v) is 5.00. The van der Waals surface area contributed by atoms with E-state index < -0.39 is 17.4 Å². The van der Waals surface area contributed by atoms with Crippen molar-refractivity contribution in [1.29, 1.82) is 0 Å². The van der Waals surface area contributed by atoms with Crippen molar-refractivity contribution in [2.45, 2.75) is 26.7 Å². The van der Waals surface area contributed by atoms with Crippen molar-refractivity contribution in [1.82, 2.24) is 4.98 Å². The van der Waals surface area contributed by atoms with E-state index in [1.807, 2.05) is 0 Å². The topological polar surface area (TPSA) is 65.5 Å². The van der Waals surface area contributed by atoms with Crippen LogP contribution in [0.25, 0.3) is 0 Å². The number of halogens is 1. The molecule has 108 valence electrons. The van der Waals surface area contributed by atoms with Crippen LogP contribution in [0.1, 0.15) is 25.1 Å². The third kappa shape index (κ3) is 2.50. The maximum absolute atomic E-state index is 12.3. The van der Waals surface area contributed by atoms with Gasteiger partial charge in [0.15, 0.2) is 5.41 Å². The van der Waals surface area contributed by atoms with E-state index in [9.17, 15) is 9.59 Å². The average molecular weight is 298 g/mol. The molecule has 0 aromatic carbocycles. The highest BCUT2D eigenvalue weighted by Crippen LogP contribution is 2.39. The van der Waals surface area contributed by atoms with Crippen LogP contribution in [-0.4, -0.2) is 30.1 Å². The molecule has 1 aromatic heterocycles. The van der Waals surface area contributed by atoms with E-state index in [-0.39, 0.29) is 26.1 Å². The van der Waals surface area contributed by atoms with Gasteiger partial charge >= 0.3 is 11.9 Å². The van der Waals surface area contributed by atoms with E-state index >= 15 is 0 Å². The minimum absolute atomic E-state index is 0.167. The molecule has 1 heterocycles. The van der Waals surface area contributed by atoms with Gasteiger partial charge in [-0.15, -0.1) is 0 Å². The Hall–Kier alpha value is -1.62. The fraction of sp³-hybridized carbons (Fsp3) is 0.500. The summed E-state index contributed by atoms with van der Waals surface area (Å²) in [6.45, 7) is 3.83. The Morgan fingerprint density at radius 2 is 1.80 bits per heavy atom. The molecule has 1 aromatic rings. The Kier molecular flexibility index (Phi) is 4.28. The van der Waals surface area contributed by atoms with E-state index in [1.165, 1.54) is 0 Å². The number of hydrogen-bond acceptors (Lipinski definition) is 5. The lowest BCUT2D eigenvalue weighted by molar-refractivity contribution is -0.171. The predicted octanol–water partition coefficient (Wildman–Crippen LogP) is 1.95. The normalized spacial score (nSPS) is 15.6. The first-order chi connectivity index (χ1) is 9.53. The number of hydrogen-bond donors (Lipinski definition) is 0. The molecule has 0 fully saturated rings. The molecule has 1 aliphatic carbocycles. The summed E-state index contributed by atoms with van der Waals surface area (Å²) in [6.07, 6.45) is 0.407. The lowest BCUT2D eigenvalue weighted by Gasteiger charge is -2.23. The van der Waals surface area contributed by atoms with Crippen molar-refractivity contribution >= 4 is 23.5 Å². The van der Waals surface area contributed by atoms with E-state index in [0.29, 0.717) is 10.8 Å². The molecule has 0 saturated carbocycles. The third-order valence-corrected chi connectivity index (χ3v) is 3.54. The van der Waals surface area contributed by atoms with Crippen LogP contribution < -0.4 is 0 Å². The Bertz CT molecular complexity index is 526.